The number of pyridine rings is 1. The summed E-state index contributed by atoms with van der Waals surface area (Å²) in [7, 11) is 1.64. The lowest BCUT2D eigenvalue weighted by atomic mass is 10.0. The van der Waals surface area contributed by atoms with Crippen molar-refractivity contribution in [3.63, 3.8) is 0 Å². The van der Waals surface area contributed by atoms with E-state index in [1.807, 2.05) is 24.3 Å². The molecule has 1 amide bonds. The van der Waals surface area contributed by atoms with Crippen LogP contribution in [0.1, 0.15) is 35.6 Å². The van der Waals surface area contributed by atoms with Gasteiger partial charge in [0.05, 0.1) is 12.5 Å². The highest BCUT2D eigenvalue weighted by Gasteiger charge is 2.07. The van der Waals surface area contributed by atoms with Crippen molar-refractivity contribution in [1.29, 1.82) is 0 Å². The number of benzene rings is 1. The molecular weight excluding hydrogens is 276 g/mol. The fraction of sp³-hybridized carbons (Fsp3) is 0.333. The zero-order valence-corrected chi connectivity index (χ0v) is 12.8. The first kappa shape index (κ1) is 16.2. The summed E-state index contributed by atoms with van der Waals surface area (Å²) < 4.78 is 0. The molecule has 0 saturated heterocycles. The second-order valence-electron chi connectivity index (χ2n) is 5.36. The Morgan fingerprint density at radius 3 is 2.59 bits per heavy atom. The molecule has 0 aliphatic heterocycles. The lowest BCUT2D eigenvalue weighted by Gasteiger charge is -2.10. The number of carbonyl (C=O) groups is 1. The van der Waals surface area contributed by atoms with E-state index in [2.05, 4.69) is 22.4 Å². The number of hydrogen-bond acceptors (Lipinski definition) is 3. The number of aliphatic hydroxyl groups excluding tert-OH is 1. The SMILES string of the molecule is CNC(=O)Cc1ccc(CCCC(O)c2cccnc2)cc1. The van der Waals surface area contributed by atoms with Crippen molar-refractivity contribution in [3.05, 3.63) is 65.5 Å². The van der Waals surface area contributed by atoms with Gasteiger partial charge in [0.15, 0.2) is 0 Å². The molecule has 0 saturated carbocycles. The standard InChI is InChI=1S/C18H22N2O2/c1-19-18(22)12-15-9-7-14(8-10-15)4-2-6-17(21)16-5-3-11-20-13-16/h3,5,7-11,13,17,21H,2,4,6,12H2,1H3,(H,19,22). The molecule has 0 aliphatic rings. The second kappa shape index (κ2) is 8.29. The lowest BCUT2D eigenvalue weighted by Crippen LogP contribution is -2.19. The van der Waals surface area contributed by atoms with Crippen LogP contribution in [0.3, 0.4) is 0 Å². The van der Waals surface area contributed by atoms with Gasteiger partial charge in [-0.05, 0) is 42.0 Å². The zero-order valence-electron chi connectivity index (χ0n) is 12.8. The van der Waals surface area contributed by atoms with Gasteiger partial charge in [-0.1, -0.05) is 30.3 Å². The highest BCUT2D eigenvalue weighted by Crippen LogP contribution is 2.18. The van der Waals surface area contributed by atoms with Crippen molar-refractivity contribution in [2.45, 2.75) is 31.8 Å². The molecule has 0 aliphatic carbocycles. The average molecular weight is 298 g/mol. The Hall–Kier alpha value is -2.20. The molecule has 4 nitrogen and oxygen atoms in total. The minimum atomic E-state index is -0.457. The van der Waals surface area contributed by atoms with Crippen LogP contribution in [-0.2, 0) is 17.6 Å². The van der Waals surface area contributed by atoms with E-state index in [9.17, 15) is 9.90 Å². The Morgan fingerprint density at radius 2 is 1.95 bits per heavy atom. The third-order valence-corrected chi connectivity index (χ3v) is 3.68. The predicted molar refractivity (Wildman–Crippen MR) is 86.3 cm³/mol. The molecule has 22 heavy (non-hydrogen) atoms. The first-order valence-corrected chi connectivity index (χ1v) is 7.55. The summed E-state index contributed by atoms with van der Waals surface area (Å²) >= 11 is 0. The van der Waals surface area contributed by atoms with Crippen LogP contribution >= 0.6 is 0 Å². The topological polar surface area (TPSA) is 62.2 Å². The summed E-state index contributed by atoms with van der Waals surface area (Å²) in [5, 5.41) is 12.7. The van der Waals surface area contributed by atoms with E-state index >= 15 is 0 Å². The van der Waals surface area contributed by atoms with Crippen molar-refractivity contribution in [1.82, 2.24) is 10.3 Å². The molecule has 0 radical (unpaired) electrons. The number of amides is 1. The highest BCUT2D eigenvalue weighted by atomic mass is 16.3. The van der Waals surface area contributed by atoms with Gasteiger partial charge in [-0.15, -0.1) is 0 Å². The van der Waals surface area contributed by atoms with Crippen LogP contribution in [0.5, 0.6) is 0 Å². The Bertz CT molecular complexity index is 582. The lowest BCUT2D eigenvalue weighted by molar-refractivity contribution is -0.119. The third-order valence-electron chi connectivity index (χ3n) is 3.68. The van der Waals surface area contributed by atoms with Crippen molar-refractivity contribution >= 4 is 5.91 Å². The fourth-order valence-corrected chi connectivity index (χ4v) is 2.34. The van der Waals surface area contributed by atoms with Crippen molar-refractivity contribution < 1.29 is 9.90 Å². The van der Waals surface area contributed by atoms with E-state index in [1.165, 1.54) is 5.56 Å². The monoisotopic (exact) mass is 298 g/mol. The molecule has 4 heteroatoms. The smallest absolute Gasteiger partial charge is 0.224 e. The molecular formula is C18H22N2O2. The van der Waals surface area contributed by atoms with Crippen molar-refractivity contribution in [3.8, 4) is 0 Å². The average Bonchev–Trinajstić information content (AvgIpc) is 2.57. The van der Waals surface area contributed by atoms with Gasteiger partial charge in [0.1, 0.15) is 0 Å². The summed E-state index contributed by atoms with van der Waals surface area (Å²) in [6.07, 6.45) is 5.90. The van der Waals surface area contributed by atoms with Gasteiger partial charge >= 0.3 is 0 Å². The fourth-order valence-electron chi connectivity index (χ4n) is 2.34. The Morgan fingerprint density at radius 1 is 1.23 bits per heavy atom. The predicted octanol–water partition coefficient (Wildman–Crippen LogP) is 2.43. The maximum absolute atomic E-state index is 11.3. The van der Waals surface area contributed by atoms with Crippen molar-refractivity contribution in [2.75, 3.05) is 7.05 Å². The van der Waals surface area contributed by atoms with Gasteiger partial charge < -0.3 is 10.4 Å². The number of likely N-dealkylation sites (N-methyl/N-ethyl adjacent to an activating group) is 1. The maximum Gasteiger partial charge on any atom is 0.224 e. The van der Waals surface area contributed by atoms with Crippen LogP contribution in [0.25, 0.3) is 0 Å². The Balaban J connectivity index is 1.78. The minimum absolute atomic E-state index is 0.0207. The summed E-state index contributed by atoms with van der Waals surface area (Å²) in [4.78, 5) is 15.3. The van der Waals surface area contributed by atoms with Gasteiger partial charge in [-0.3, -0.25) is 9.78 Å². The van der Waals surface area contributed by atoms with E-state index in [-0.39, 0.29) is 5.91 Å². The number of aliphatic hydroxyl groups is 1. The van der Waals surface area contributed by atoms with Crippen LogP contribution < -0.4 is 5.32 Å². The Labute approximate surface area is 131 Å². The zero-order chi connectivity index (χ0) is 15.8. The summed E-state index contributed by atoms with van der Waals surface area (Å²) in [5.41, 5.74) is 3.10. The summed E-state index contributed by atoms with van der Waals surface area (Å²) in [6, 6.07) is 11.8. The summed E-state index contributed by atoms with van der Waals surface area (Å²) in [5.74, 6) is 0.0207. The quantitative estimate of drug-likeness (QED) is 0.825. The molecule has 1 atom stereocenters. The molecule has 0 fully saturated rings. The van der Waals surface area contributed by atoms with Crippen LogP contribution in [0, 0.1) is 0 Å². The van der Waals surface area contributed by atoms with E-state index in [4.69, 9.17) is 0 Å². The van der Waals surface area contributed by atoms with Gasteiger partial charge in [0.2, 0.25) is 5.91 Å². The molecule has 2 aromatic rings. The minimum Gasteiger partial charge on any atom is -0.388 e. The van der Waals surface area contributed by atoms with Gasteiger partial charge in [-0.2, -0.15) is 0 Å². The largest absolute Gasteiger partial charge is 0.388 e. The third kappa shape index (κ3) is 4.97. The van der Waals surface area contributed by atoms with E-state index < -0.39 is 6.10 Å². The van der Waals surface area contributed by atoms with Gasteiger partial charge in [0, 0.05) is 19.4 Å². The molecule has 1 unspecified atom stereocenters. The first-order chi connectivity index (χ1) is 10.7. The first-order valence-electron chi connectivity index (χ1n) is 7.55. The number of nitrogens with one attached hydrogen (secondary N) is 1. The maximum atomic E-state index is 11.3. The van der Waals surface area contributed by atoms with Gasteiger partial charge in [0.25, 0.3) is 0 Å². The van der Waals surface area contributed by atoms with E-state index in [0.717, 1.165) is 24.0 Å². The molecule has 116 valence electrons. The number of aromatic nitrogens is 1. The van der Waals surface area contributed by atoms with Crippen molar-refractivity contribution in [2.24, 2.45) is 0 Å². The van der Waals surface area contributed by atoms with Crippen LogP contribution in [0.2, 0.25) is 0 Å². The van der Waals surface area contributed by atoms with Crippen LogP contribution in [0.15, 0.2) is 48.8 Å². The van der Waals surface area contributed by atoms with E-state index in [1.54, 1.807) is 19.4 Å². The molecule has 1 aromatic carbocycles. The number of carbonyl (C=O) groups excluding carboxylic acids is 1. The number of rotatable bonds is 7. The normalized spacial score (nSPS) is 11.9. The molecule has 0 spiro atoms. The van der Waals surface area contributed by atoms with E-state index in [0.29, 0.717) is 12.8 Å². The van der Waals surface area contributed by atoms with Gasteiger partial charge in [-0.25, -0.2) is 0 Å². The Kier molecular flexibility index (Phi) is 6.10. The van der Waals surface area contributed by atoms with Crippen LogP contribution in [-0.4, -0.2) is 23.0 Å². The molecule has 2 rings (SSSR count). The molecule has 2 N–H and O–H groups in total. The molecule has 1 heterocycles. The summed E-state index contributed by atoms with van der Waals surface area (Å²) in [6.45, 7) is 0. The second-order valence-corrected chi connectivity index (χ2v) is 5.36. The number of hydrogen-bond donors (Lipinski definition) is 2. The molecule has 0 bridgehead atoms. The van der Waals surface area contributed by atoms with Crippen LogP contribution in [0.4, 0.5) is 0 Å². The highest BCUT2D eigenvalue weighted by molar-refractivity contribution is 5.78. The number of nitrogens with zero attached hydrogens (tertiary/aromatic N) is 1. The number of aryl methyl sites for hydroxylation is 1. The molecule has 1 aromatic heterocycles.